The Kier molecular flexibility index (Phi) is 6.97. The maximum atomic E-state index is 13.0. The molecule has 2 saturated heterocycles. The molecule has 184 valence electrons. The van der Waals surface area contributed by atoms with Crippen LogP contribution in [0.2, 0.25) is 0 Å². The molecule has 2 aliphatic rings. The summed E-state index contributed by atoms with van der Waals surface area (Å²) in [7, 11) is 0. The van der Waals surface area contributed by atoms with Gasteiger partial charge in [-0.05, 0) is 57.2 Å². The second kappa shape index (κ2) is 10.5. The van der Waals surface area contributed by atoms with Gasteiger partial charge in [0.25, 0.3) is 0 Å². The number of carbonyl (C=O) groups is 1. The van der Waals surface area contributed by atoms with Gasteiger partial charge in [0.1, 0.15) is 12.1 Å². The van der Waals surface area contributed by atoms with Gasteiger partial charge >= 0.3 is 0 Å². The number of nitrogens with zero attached hydrogens (tertiary/aromatic N) is 7. The number of benzene rings is 1. The quantitative estimate of drug-likeness (QED) is 0.545. The predicted octanol–water partition coefficient (Wildman–Crippen LogP) is 3.55. The number of aryl methyl sites for hydroxylation is 1. The minimum Gasteiger partial charge on any atom is -0.368 e. The molecule has 4 heterocycles. The Morgan fingerprint density at radius 2 is 1.57 bits per heavy atom. The Morgan fingerprint density at radius 3 is 2.31 bits per heavy atom. The van der Waals surface area contributed by atoms with E-state index in [2.05, 4.69) is 51.0 Å². The summed E-state index contributed by atoms with van der Waals surface area (Å²) in [6.07, 6.45) is 6.53. The number of amides is 1. The van der Waals surface area contributed by atoms with Crippen LogP contribution >= 0.6 is 0 Å². The van der Waals surface area contributed by atoms with Crippen molar-refractivity contribution >= 4 is 17.4 Å². The highest BCUT2D eigenvalue weighted by molar-refractivity contribution is 5.77. The lowest BCUT2D eigenvalue weighted by atomic mass is 10.1. The molecule has 3 aromatic rings. The molecular formula is C27H35N7O. The summed E-state index contributed by atoms with van der Waals surface area (Å²) < 4.78 is 1.91. The Balaban J connectivity index is 1.21. The van der Waals surface area contributed by atoms with E-state index in [1.807, 2.05) is 28.6 Å². The van der Waals surface area contributed by atoms with E-state index in [4.69, 9.17) is 5.10 Å². The molecule has 2 aliphatic heterocycles. The first-order valence-electron chi connectivity index (χ1n) is 12.8. The Bertz CT molecular complexity index is 1150. The average molecular weight is 474 g/mol. The van der Waals surface area contributed by atoms with E-state index in [-0.39, 0.29) is 5.91 Å². The largest absolute Gasteiger partial charge is 0.368 e. The first kappa shape index (κ1) is 23.3. The third-order valence-electron chi connectivity index (χ3n) is 7.32. The van der Waals surface area contributed by atoms with Crippen molar-refractivity contribution in [2.75, 3.05) is 49.1 Å². The van der Waals surface area contributed by atoms with Crippen molar-refractivity contribution in [1.29, 1.82) is 0 Å². The third kappa shape index (κ3) is 5.16. The minimum absolute atomic E-state index is 0.221. The summed E-state index contributed by atoms with van der Waals surface area (Å²) in [6, 6.07) is 12.5. The fourth-order valence-corrected chi connectivity index (χ4v) is 5.25. The number of hydrogen-bond acceptors (Lipinski definition) is 6. The summed E-state index contributed by atoms with van der Waals surface area (Å²) in [5.74, 6) is 1.98. The molecular weight excluding hydrogens is 438 g/mol. The van der Waals surface area contributed by atoms with Crippen molar-refractivity contribution < 1.29 is 4.79 Å². The van der Waals surface area contributed by atoms with Crippen LogP contribution in [0.3, 0.4) is 0 Å². The van der Waals surface area contributed by atoms with Crippen LogP contribution < -0.4 is 9.80 Å². The van der Waals surface area contributed by atoms with Crippen molar-refractivity contribution in [3.05, 3.63) is 59.7 Å². The highest BCUT2D eigenvalue weighted by Gasteiger charge is 2.23. The molecule has 0 spiro atoms. The van der Waals surface area contributed by atoms with Crippen LogP contribution in [0.4, 0.5) is 11.5 Å². The number of anilines is 2. The number of rotatable bonds is 6. The van der Waals surface area contributed by atoms with Gasteiger partial charge in [0.15, 0.2) is 5.82 Å². The molecule has 2 aromatic heterocycles. The zero-order chi connectivity index (χ0) is 24.2. The summed E-state index contributed by atoms with van der Waals surface area (Å²) >= 11 is 0. The fourth-order valence-electron chi connectivity index (χ4n) is 5.25. The van der Waals surface area contributed by atoms with Crippen LogP contribution in [0.1, 0.15) is 42.6 Å². The lowest BCUT2D eigenvalue weighted by Gasteiger charge is -2.36. The molecule has 0 bridgehead atoms. The van der Waals surface area contributed by atoms with Crippen LogP contribution in [0.5, 0.6) is 0 Å². The van der Waals surface area contributed by atoms with Crippen LogP contribution in [-0.4, -0.2) is 69.8 Å². The maximum Gasteiger partial charge on any atom is 0.223 e. The standard InChI is InChI=1S/C27H35N7O/c1-21-24(11-12-27(35)33-17-15-31(16-18-33)23-9-5-3-6-10-23)22(2)34(30-21)26-19-25(28-20-29-26)32-13-7-4-8-14-32/h3,5-6,9-10,19-20H,4,7-8,11-18H2,1-2H3. The molecule has 5 rings (SSSR count). The second-order valence-corrected chi connectivity index (χ2v) is 9.55. The van der Waals surface area contributed by atoms with Gasteiger partial charge in [0, 0.05) is 63.1 Å². The average Bonchev–Trinajstić information content (AvgIpc) is 3.21. The minimum atomic E-state index is 0.221. The van der Waals surface area contributed by atoms with Gasteiger partial charge in [-0.15, -0.1) is 0 Å². The van der Waals surface area contributed by atoms with Crippen LogP contribution in [-0.2, 0) is 11.2 Å². The third-order valence-corrected chi connectivity index (χ3v) is 7.32. The van der Waals surface area contributed by atoms with E-state index in [9.17, 15) is 4.79 Å². The van der Waals surface area contributed by atoms with Crippen LogP contribution in [0, 0.1) is 13.8 Å². The van der Waals surface area contributed by atoms with Gasteiger partial charge in [0.2, 0.25) is 5.91 Å². The summed E-state index contributed by atoms with van der Waals surface area (Å²) in [5.41, 5.74) is 4.38. The van der Waals surface area contributed by atoms with E-state index in [1.54, 1.807) is 6.33 Å². The predicted molar refractivity (Wildman–Crippen MR) is 138 cm³/mol. The van der Waals surface area contributed by atoms with E-state index >= 15 is 0 Å². The number of hydrogen-bond donors (Lipinski definition) is 0. The molecule has 1 amide bonds. The molecule has 0 aliphatic carbocycles. The highest BCUT2D eigenvalue weighted by Crippen LogP contribution is 2.23. The van der Waals surface area contributed by atoms with Gasteiger partial charge in [-0.25, -0.2) is 14.6 Å². The molecule has 0 saturated carbocycles. The topological polar surface area (TPSA) is 70.4 Å². The van der Waals surface area contributed by atoms with Gasteiger partial charge in [-0.1, -0.05) is 18.2 Å². The van der Waals surface area contributed by atoms with Gasteiger partial charge in [0.05, 0.1) is 5.69 Å². The molecule has 1 aromatic carbocycles. The van der Waals surface area contributed by atoms with Gasteiger partial charge in [-0.3, -0.25) is 4.79 Å². The van der Waals surface area contributed by atoms with Gasteiger partial charge in [-0.2, -0.15) is 5.10 Å². The number of piperazine rings is 1. The maximum absolute atomic E-state index is 13.0. The SMILES string of the molecule is Cc1nn(-c2cc(N3CCCCC3)ncn2)c(C)c1CCC(=O)N1CCN(c2ccccc2)CC1. The van der Waals surface area contributed by atoms with E-state index < -0.39 is 0 Å². The molecule has 0 radical (unpaired) electrons. The Morgan fingerprint density at radius 1 is 0.857 bits per heavy atom. The zero-order valence-electron chi connectivity index (χ0n) is 20.9. The smallest absolute Gasteiger partial charge is 0.223 e. The Hall–Kier alpha value is -3.42. The monoisotopic (exact) mass is 473 g/mol. The second-order valence-electron chi connectivity index (χ2n) is 9.55. The summed E-state index contributed by atoms with van der Waals surface area (Å²) in [6.45, 7) is 9.46. The lowest BCUT2D eigenvalue weighted by Crippen LogP contribution is -2.48. The van der Waals surface area contributed by atoms with Crippen molar-refractivity contribution in [3.8, 4) is 5.82 Å². The molecule has 0 unspecified atom stereocenters. The lowest BCUT2D eigenvalue weighted by molar-refractivity contribution is -0.131. The fraction of sp³-hybridized carbons (Fsp3) is 0.481. The first-order valence-corrected chi connectivity index (χ1v) is 12.8. The van der Waals surface area contributed by atoms with E-state index in [1.165, 1.54) is 24.9 Å². The normalized spacial score (nSPS) is 16.6. The molecule has 0 atom stereocenters. The van der Waals surface area contributed by atoms with Crippen molar-refractivity contribution in [3.63, 3.8) is 0 Å². The molecule has 8 nitrogen and oxygen atoms in total. The van der Waals surface area contributed by atoms with Crippen LogP contribution in [0.15, 0.2) is 42.7 Å². The van der Waals surface area contributed by atoms with Crippen molar-refractivity contribution in [2.24, 2.45) is 0 Å². The first-order chi connectivity index (χ1) is 17.1. The summed E-state index contributed by atoms with van der Waals surface area (Å²) in [4.78, 5) is 28.7. The number of carbonyl (C=O) groups excluding carboxylic acids is 1. The number of piperidine rings is 1. The van der Waals surface area contributed by atoms with E-state index in [0.29, 0.717) is 12.8 Å². The highest BCUT2D eigenvalue weighted by atomic mass is 16.2. The van der Waals surface area contributed by atoms with Crippen molar-refractivity contribution in [2.45, 2.75) is 46.0 Å². The number of para-hydroxylation sites is 1. The molecule has 2 fully saturated rings. The molecule has 35 heavy (non-hydrogen) atoms. The molecule has 8 heteroatoms. The van der Waals surface area contributed by atoms with Gasteiger partial charge < -0.3 is 14.7 Å². The Labute approximate surface area is 207 Å². The van der Waals surface area contributed by atoms with Crippen molar-refractivity contribution in [1.82, 2.24) is 24.6 Å². The van der Waals surface area contributed by atoms with E-state index in [0.717, 1.165) is 67.9 Å². The number of aromatic nitrogens is 4. The zero-order valence-corrected chi connectivity index (χ0v) is 20.9. The molecule has 0 N–H and O–H groups in total. The summed E-state index contributed by atoms with van der Waals surface area (Å²) in [5, 5.41) is 4.78. The van der Waals surface area contributed by atoms with Crippen LogP contribution in [0.25, 0.3) is 5.82 Å².